The molecule has 1 heterocycles. The van der Waals surface area contributed by atoms with Gasteiger partial charge >= 0.3 is 0 Å². The van der Waals surface area contributed by atoms with Crippen LogP contribution in [0.1, 0.15) is 55.5 Å². The fourth-order valence-corrected chi connectivity index (χ4v) is 4.34. The fraction of sp³-hybridized carbons (Fsp3) is 0.520. The van der Waals surface area contributed by atoms with E-state index in [0.29, 0.717) is 19.3 Å². The molecule has 1 aliphatic heterocycles. The second kappa shape index (κ2) is 14.3. The Morgan fingerprint density at radius 1 is 1.29 bits per heavy atom. The number of nitrogens with zero attached hydrogens (tertiary/aromatic N) is 2. The van der Waals surface area contributed by atoms with Gasteiger partial charge < -0.3 is 26.6 Å². The summed E-state index contributed by atoms with van der Waals surface area (Å²) in [7, 11) is 0. The Morgan fingerprint density at radius 2 is 2.00 bits per heavy atom. The maximum atomic E-state index is 13.5. The molecule has 2 unspecified atom stereocenters. The van der Waals surface area contributed by atoms with Gasteiger partial charge in [-0.05, 0) is 49.8 Å². The van der Waals surface area contributed by atoms with Gasteiger partial charge in [0.25, 0.3) is 5.91 Å². The Labute approximate surface area is 225 Å². The molecular formula is C25H33ClFN7O4. The Morgan fingerprint density at radius 3 is 2.61 bits per heavy atom. The number of benzene rings is 1. The van der Waals surface area contributed by atoms with Crippen LogP contribution in [0.3, 0.4) is 0 Å². The van der Waals surface area contributed by atoms with Crippen LogP contribution in [0.4, 0.5) is 4.39 Å². The fourth-order valence-electron chi connectivity index (χ4n) is 4.18. The molecule has 0 radical (unpaired) electrons. The number of Topliss-reactive ketones (excluding diaryl/α,β-unsaturated/α-hetero) is 1. The number of nitrogens with one attached hydrogen (secondary N) is 4. The summed E-state index contributed by atoms with van der Waals surface area (Å²) in [4.78, 5) is 52.9. The third kappa shape index (κ3) is 8.14. The van der Waals surface area contributed by atoms with E-state index in [9.17, 15) is 28.8 Å². The Bertz CT molecular complexity index is 1110. The minimum atomic E-state index is -1.25. The number of hydrogen-bond acceptors (Lipinski definition) is 6. The number of carbonyl (C=O) groups excluding carboxylic acids is 4. The average Bonchev–Trinajstić information content (AvgIpc) is 3.38. The highest BCUT2D eigenvalue weighted by Crippen LogP contribution is 2.22. The molecule has 206 valence electrons. The minimum absolute atomic E-state index is 0.123. The highest BCUT2D eigenvalue weighted by molar-refractivity contribution is 6.31. The van der Waals surface area contributed by atoms with E-state index in [1.165, 1.54) is 23.1 Å². The van der Waals surface area contributed by atoms with E-state index in [1.807, 2.05) is 6.07 Å². The van der Waals surface area contributed by atoms with Crippen molar-refractivity contribution in [2.75, 3.05) is 19.8 Å². The molecule has 0 aliphatic carbocycles. The van der Waals surface area contributed by atoms with Crippen molar-refractivity contribution in [2.24, 2.45) is 11.7 Å². The lowest BCUT2D eigenvalue weighted by Crippen LogP contribution is -2.56. The number of amides is 3. The first-order chi connectivity index (χ1) is 18.0. The van der Waals surface area contributed by atoms with Gasteiger partial charge in [-0.1, -0.05) is 25.4 Å². The molecular weight excluding hydrogens is 517 g/mol. The van der Waals surface area contributed by atoms with Crippen molar-refractivity contribution in [3.8, 4) is 6.07 Å². The van der Waals surface area contributed by atoms with Crippen LogP contribution in [-0.4, -0.2) is 72.3 Å². The Kier molecular flexibility index (Phi) is 11.5. The van der Waals surface area contributed by atoms with Gasteiger partial charge in [0.05, 0.1) is 16.6 Å². The predicted octanol–water partition coefficient (Wildman–Crippen LogP) is 1.24. The summed E-state index contributed by atoms with van der Waals surface area (Å²) in [6.07, 6.45) is 1.37. The molecule has 11 nitrogen and oxygen atoms in total. The molecule has 3 amide bonds. The van der Waals surface area contributed by atoms with Crippen molar-refractivity contribution in [1.29, 1.82) is 10.7 Å². The number of halogens is 2. The van der Waals surface area contributed by atoms with Crippen LogP contribution >= 0.6 is 11.6 Å². The lowest BCUT2D eigenvalue weighted by atomic mass is 10.0. The predicted molar refractivity (Wildman–Crippen MR) is 139 cm³/mol. The van der Waals surface area contributed by atoms with Gasteiger partial charge in [0.15, 0.2) is 11.7 Å². The molecule has 0 bridgehead atoms. The van der Waals surface area contributed by atoms with Gasteiger partial charge in [-0.15, -0.1) is 0 Å². The van der Waals surface area contributed by atoms with E-state index in [1.54, 1.807) is 13.8 Å². The molecule has 38 heavy (non-hydrogen) atoms. The summed E-state index contributed by atoms with van der Waals surface area (Å²) in [6.45, 7) is 2.80. The zero-order valence-electron chi connectivity index (χ0n) is 21.4. The van der Waals surface area contributed by atoms with Crippen LogP contribution < -0.4 is 21.7 Å². The number of hydrogen-bond donors (Lipinski definition) is 5. The first kappa shape index (κ1) is 30.5. The molecule has 13 heteroatoms. The van der Waals surface area contributed by atoms with Crippen molar-refractivity contribution in [3.63, 3.8) is 0 Å². The van der Waals surface area contributed by atoms with Crippen LogP contribution in [0.25, 0.3) is 0 Å². The molecule has 0 aromatic heterocycles. The minimum Gasteiger partial charge on any atom is -0.370 e. The summed E-state index contributed by atoms with van der Waals surface area (Å²) in [5, 5.41) is 24.4. The summed E-state index contributed by atoms with van der Waals surface area (Å²) in [5.41, 5.74) is 5.51. The van der Waals surface area contributed by atoms with Gasteiger partial charge in [0.1, 0.15) is 24.8 Å². The average molecular weight is 550 g/mol. The first-order valence-corrected chi connectivity index (χ1v) is 12.7. The summed E-state index contributed by atoms with van der Waals surface area (Å²) < 4.78 is 13.1. The van der Waals surface area contributed by atoms with Crippen LogP contribution in [0.5, 0.6) is 0 Å². The molecule has 1 aromatic carbocycles. The quantitative estimate of drug-likeness (QED) is 0.148. The lowest BCUT2D eigenvalue weighted by Gasteiger charge is -2.31. The topological polar surface area (TPSA) is 181 Å². The largest absolute Gasteiger partial charge is 0.370 e. The number of guanidine groups is 1. The number of likely N-dealkylation sites (tertiary alicyclic amines) is 1. The van der Waals surface area contributed by atoms with Crippen LogP contribution in [-0.2, 0) is 14.4 Å². The molecule has 2 rings (SSSR count). The van der Waals surface area contributed by atoms with E-state index in [4.69, 9.17) is 22.7 Å². The van der Waals surface area contributed by atoms with Crippen LogP contribution in [0, 0.1) is 22.7 Å². The monoisotopic (exact) mass is 549 g/mol. The van der Waals surface area contributed by atoms with E-state index < -0.39 is 48.3 Å². The van der Waals surface area contributed by atoms with E-state index in [2.05, 4.69) is 16.0 Å². The van der Waals surface area contributed by atoms with Crippen molar-refractivity contribution < 1.29 is 23.6 Å². The molecule has 0 saturated carbocycles. The number of ketones is 1. The Hall–Kier alpha value is -3.72. The summed E-state index contributed by atoms with van der Waals surface area (Å²) in [6, 6.07) is 3.18. The van der Waals surface area contributed by atoms with Crippen molar-refractivity contribution in [2.45, 2.75) is 57.7 Å². The lowest BCUT2D eigenvalue weighted by molar-refractivity contribution is -0.141. The van der Waals surface area contributed by atoms with Crippen molar-refractivity contribution >= 4 is 41.1 Å². The zero-order valence-corrected chi connectivity index (χ0v) is 22.1. The normalized spacial score (nSPS) is 16.3. The number of rotatable bonds is 12. The number of alkyl halides is 1. The smallest absolute Gasteiger partial charge is 0.251 e. The maximum absolute atomic E-state index is 13.5. The van der Waals surface area contributed by atoms with Crippen LogP contribution in [0.15, 0.2) is 18.2 Å². The SMILES string of the molecule is CC(C)C(NC(=O)c1ccc(Cl)c(C#N)c1)C(=O)N1CCC[C@H]1C(=O)NC(CCCNC(=N)N)C(=O)CF. The second-order valence-corrected chi connectivity index (χ2v) is 9.74. The summed E-state index contributed by atoms with van der Waals surface area (Å²) >= 11 is 5.94. The van der Waals surface area contributed by atoms with Gasteiger partial charge in [-0.2, -0.15) is 5.26 Å². The molecule has 1 aliphatic rings. The number of carbonyl (C=O) groups is 4. The third-order valence-electron chi connectivity index (χ3n) is 6.23. The van der Waals surface area contributed by atoms with E-state index in [-0.39, 0.29) is 47.5 Å². The first-order valence-electron chi connectivity index (χ1n) is 12.3. The molecule has 0 spiro atoms. The van der Waals surface area contributed by atoms with Gasteiger partial charge in [-0.25, -0.2) is 4.39 Å². The maximum Gasteiger partial charge on any atom is 0.251 e. The zero-order chi connectivity index (χ0) is 28.4. The van der Waals surface area contributed by atoms with E-state index >= 15 is 0 Å². The number of nitrogens with two attached hydrogens (primary N) is 1. The molecule has 1 fully saturated rings. The van der Waals surface area contributed by atoms with Gasteiger partial charge in [-0.3, -0.25) is 24.6 Å². The van der Waals surface area contributed by atoms with Gasteiger partial charge in [0, 0.05) is 18.7 Å². The second-order valence-electron chi connectivity index (χ2n) is 9.34. The molecule has 3 atom stereocenters. The van der Waals surface area contributed by atoms with Crippen LogP contribution in [0.2, 0.25) is 5.02 Å². The highest BCUT2D eigenvalue weighted by Gasteiger charge is 2.39. The molecule has 1 saturated heterocycles. The Balaban J connectivity index is 2.12. The third-order valence-corrected chi connectivity index (χ3v) is 6.56. The van der Waals surface area contributed by atoms with Gasteiger partial charge in [0.2, 0.25) is 11.8 Å². The van der Waals surface area contributed by atoms with Crippen molar-refractivity contribution in [3.05, 3.63) is 34.3 Å². The number of nitriles is 1. The van der Waals surface area contributed by atoms with Crippen molar-refractivity contribution in [1.82, 2.24) is 20.9 Å². The molecule has 6 N–H and O–H groups in total. The summed E-state index contributed by atoms with van der Waals surface area (Å²) in [5.74, 6) is -2.96. The highest BCUT2D eigenvalue weighted by atomic mass is 35.5. The molecule has 1 aromatic rings. The van der Waals surface area contributed by atoms with E-state index in [0.717, 1.165) is 0 Å². The standard InChI is InChI=1S/C25H33ClFN7O4/c1-14(2)21(33-22(36)15-7-8-17(26)16(11-15)13-28)24(38)34-10-4-6-19(34)23(37)32-18(20(35)12-27)5-3-9-31-25(29)30/h7-8,11,14,18-19,21H,3-6,9-10,12H2,1-2H3,(H,32,37)(H,33,36)(H4,29,30,31)/t18?,19-,21?/m0/s1.